The van der Waals surface area contributed by atoms with Gasteiger partial charge in [-0.15, -0.1) is 11.8 Å². The van der Waals surface area contributed by atoms with Gasteiger partial charge < -0.3 is 24.4 Å². The Hall–Kier alpha value is -5.39. The van der Waals surface area contributed by atoms with Crippen molar-refractivity contribution in [2.45, 2.75) is 50.1 Å². The number of allylic oxidation sites excluding steroid dienone is 1. The number of hydrogen-bond acceptors (Lipinski definition) is 8. The molecule has 0 radical (unpaired) electrons. The van der Waals surface area contributed by atoms with Crippen molar-refractivity contribution in [2.75, 3.05) is 39.2 Å². The van der Waals surface area contributed by atoms with Crippen molar-refractivity contribution in [2.24, 2.45) is 0 Å². The average molecular weight is 748 g/mol. The minimum Gasteiger partial charge on any atom is -0.508 e. The van der Waals surface area contributed by atoms with Crippen LogP contribution in [0.5, 0.6) is 11.5 Å². The highest BCUT2D eigenvalue weighted by Crippen LogP contribution is 2.36. The third kappa shape index (κ3) is 9.21. The lowest BCUT2D eigenvalue weighted by atomic mass is 9.88. The molecular weight excluding hydrogens is 703 g/mol. The first-order valence-corrected chi connectivity index (χ1v) is 19.2. The number of nitrogens with one attached hydrogen (secondary N) is 1. The van der Waals surface area contributed by atoms with E-state index in [1.165, 1.54) is 5.57 Å². The Labute approximate surface area is 320 Å². The van der Waals surface area contributed by atoms with E-state index in [1.807, 2.05) is 66.7 Å². The first-order valence-electron chi connectivity index (χ1n) is 18.3. The summed E-state index contributed by atoms with van der Waals surface area (Å²) >= 11 is 1.57. The zero-order valence-electron chi connectivity index (χ0n) is 30.6. The van der Waals surface area contributed by atoms with Crippen molar-refractivity contribution in [3.63, 3.8) is 0 Å². The normalized spacial score (nSPS) is 15.8. The largest absolute Gasteiger partial charge is 0.508 e. The molecule has 0 spiro atoms. The van der Waals surface area contributed by atoms with E-state index in [0.29, 0.717) is 56.4 Å². The summed E-state index contributed by atoms with van der Waals surface area (Å²) in [4.78, 5) is 54.0. The van der Waals surface area contributed by atoms with E-state index in [2.05, 4.69) is 24.4 Å². The van der Waals surface area contributed by atoms with Crippen LogP contribution in [0.4, 0.5) is 0 Å². The van der Waals surface area contributed by atoms with Crippen molar-refractivity contribution < 1.29 is 33.8 Å². The molecule has 4 aromatic rings. The smallest absolute Gasteiger partial charge is 0.255 e. The second-order valence-electron chi connectivity index (χ2n) is 13.2. The van der Waals surface area contributed by atoms with Crippen LogP contribution in [-0.4, -0.2) is 83.7 Å². The highest BCUT2D eigenvalue weighted by molar-refractivity contribution is 7.99. The quantitative estimate of drug-likeness (QED) is 0.0572. The van der Waals surface area contributed by atoms with Crippen molar-refractivity contribution in [3.05, 3.63) is 125 Å². The van der Waals surface area contributed by atoms with Crippen LogP contribution in [0, 0.1) is 0 Å². The Morgan fingerprint density at radius 2 is 1.61 bits per heavy atom. The molecule has 11 heteroatoms. The van der Waals surface area contributed by atoms with E-state index < -0.39 is 11.9 Å². The standard InChI is InChI=1S/C43H45N3O7S/c1-3-34(29-8-5-4-6-9-29)41(30-12-16-32(47)17-13-30)31-14-18-33(19-15-31)53-25-23-45(2)40(49)22-24-52-26-27-54-38-11-7-10-35-36(38)28-46(43(35)51)37-20-21-39(48)44-42(37)50/h4-19,37,47H,3,20-28H2,1-2H3,(H,44,48,50)/b41-34-. The van der Waals surface area contributed by atoms with Gasteiger partial charge in [0.15, 0.2) is 0 Å². The maximum atomic E-state index is 13.1. The maximum Gasteiger partial charge on any atom is 0.255 e. The molecule has 0 aliphatic carbocycles. The van der Waals surface area contributed by atoms with Crippen LogP contribution in [0.25, 0.3) is 11.1 Å². The lowest BCUT2D eigenvalue weighted by Crippen LogP contribution is -2.52. The van der Waals surface area contributed by atoms with E-state index in [-0.39, 0.29) is 36.3 Å². The molecule has 280 valence electrons. The summed E-state index contributed by atoms with van der Waals surface area (Å²) in [7, 11) is 1.75. The van der Waals surface area contributed by atoms with Crippen LogP contribution in [-0.2, 0) is 25.7 Å². The molecule has 1 atom stereocenters. The monoisotopic (exact) mass is 747 g/mol. The number of phenols is 1. The third-order valence-electron chi connectivity index (χ3n) is 9.68. The molecule has 4 amide bonds. The number of rotatable bonds is 16. The van der Waals surface area contributed by atoms with Gasteiger partial charge in [-0.05, 0) is 82.6 Å². The molecule has 2 aliphatic heterocycles. The number of carbonyl (C=O) groups excluding carboxylic acids is 4. The number of fused-ring (bicyclic) bond motifs is 1. The Kier molecular flexibility index (Phi) is 12.8. The van der Waals surface area contributed by atoms with Gasteiger partial charge in [0.2, 0.25) is 17.7 Å². The zero-order valence-corrected chi connectivity index (χ0v) is 31.4. The number of amides is 4. The fourth-order valence-corrected chi connectivity index (χ4v) is 7.75. The first-order chi connectivity index (χ1) is 26.2. The van der Waals surface area contributed by atoms with Crippen molar-refractivity contribution in [1.82, 2.24) is 15.1 Å². The summed E-state index contributed by atoms with van der Waals surface area (Å²) in [6.45, 7) is 3.97. The van der Waals surface area contributed by atoms with E-state index in [1.54, 1.807) is 46.8 Å². The second-order valence-corrected chi connectivity index (χ2v) is 14.3. The summed E-state index contributed by atoms with van der Waals surface area (Å²) in [6, 6.07) is 30.5. The zero-order chi connectivity index (χ0) is 38.0. The number of aromatic hydroxyl groups is 1. The number of nitrogens with zero attached hydrogens (tertiary/aromatic N) is 2. The average Bonchev–Trinajstić information content (AvgIpc) is 3.52. The summed E-state index contributed by atoms with van der Waals surface area (Å²) < 4.78 is 11.8. The van der Waals surface area contributed by atoms with Crippen LogP contribution in [0.3, 0.4) is 0 Å². The molecule has 1 unspecified atom stereocenters. The predicted octanol–water partition coefficient (Wildman–Crippen LogP) is 6.56. The highest BCUT2D eigenvalue weighted by atomic mass is 32.2. The molecule has 0 saturated carbocycles. The van der Waals surface area contributed by atoms with Gasteiger partial charge in [0.05, 0.1) is 26.2 Å². The van der Waals surface area contributed by atoms with Gasteiger partial charge in [-0.2, -0.15) is 0 Å². The van der Waals surface area contributed by atoms with Crippen LogP contribution in [0.15, 0.2) is 102 Å². The first kappa shape index (κ1) is 38.3. The van der Waals surface area contributed by atoms with Gasteiger partial charge in [0.1, 0.15) is 24.1 Å². The fourth-order valence-electron chi connectivity index (χ4n) is 6.81. The summed E-state index contributed by atoms with van der Waals surface area (Å²) in [5, 5.41) is 12.3. The van der Waals surface area contributed by atoms with Crippen LogP contribution >= 0.6 is 11.8 Å². The number of piperidine rings is 1. The number of ether oxygens (including phenoxy) is 2. The van der Waals surface area contributed by atoms with Crippen molar-refractivity contribution in [1.29, 1.82) is 0 Å². The lowest BCUT2D eigenvalue weighted by molar-refractivity contribution is -0.137. The number of phenolic OH excluding ortho intramolecular Hbond substituents is 1. The Bertz CT molecular complexity index is 2000. The Morgan fingerprint density at radius 3 is 2.31 bits per heavy atom. The highest BCUT2D eigenvalue weighted by Gasteiger charge is 2.39. The van der Waals surface area contributed by atoms with Crippen LogP contribution in [0.2, 0.25) is 0 Å². The Morgan fingerprint density at radius 1 is 0.889 bits per heavy atom. The topological polar surface area (TPSA) is 125 Å². The third-order valence-corrected chi connectivity index (χ3v) is 10.7. The molecule has 2 N–H and O–H groups in total. The summed E-state index contributed by atoms with van der Waals surface area (Å²) in [5.41, 5.74) is 6.98. The number of imide groups is 1. The SMILES string of the molecule is CC/C(=C(\c1ccc(O)cc1)c1ccc(OCCN(C)C(=O)CCOCCSc2cccc3c2CN(C2CCC(=O)NC2=O)C3=O)cc1)c1ccccc1. The second kappa shape index (κ2) is 18.1. The molecule has 54 heavy (non-hydrogen) atoms. The van der Waals surface area contributed by atoms with Gasteiger partial charge in [0.25, 0.3) is 5.91 Å². The van der Waals surface area contributed by atoms with Gasteiger partial charge >= 0.3 is 0 Å². The molecule has 4 aromatic carbocycles. The Balaban J connectivity index is 0.934. The number of hydrogen-bond donors (Lipinski definition) is 2. The number of benzene rings is 4. The van der Waals surface area contributed by atoms with E-state index in [4.69, 9.17) is 9.47 Å². The predicted molar refractivity (Wildman–Crippen MR) is 209 cm³/mol. The van der Waals surface area contributed by atoms with E-state index >= 15 is 0 Å². The molecule has 6 rings (SSSR count). The molecule has 0 aromatic heterocycles. The van der Waals surface area contributed by atoms with E-state index in [9.17, 15) is 24.3 Å². The van der Waals surface area contributed by atoms with Crippen LogP contribution < -0.4 is 10.1 Å². The van der Waals surface area contributed by atoms with Gasteiger partial charge in [0, 0.05) is 36.2 Å². The molecule has 1 fully saturated rings. The molecule has 2 aliphatic rings. The summed E-state index contributed by atoms with van der Waals surface area (Å²) in [6.07, 6.45) is 1.62. The van der Waals surface area contributed by atoms with Crippen molar-refractivity contribution >= 4 is 46.5 Å². The molecular formula is C43H45N3O7S. The minimum atomic E-state index is -0.647. The van der Waals surface area contributed by atoms with Gasteiger partial charge in [-0.25, -0.2) is 0 Å². The number of carbonyl (C=O) groups is 4. The summed E-state index contributed by atoms with van der Waals surface area (Å²) in [5.74, 6) is 0.609. The van der Waals surface area contributed by atoms with Crippen molar-refractivity contribution in [3.8, 4) is 11.5 Å². The fraction of sp³-hybridized carbons (Fsp3) is 0.302. The number of likely N-dealkylation sites (N-methyl/N-ethyl adjacent to an activating group) is 1. The molecule has 10 nitrogen and oxygen atoms in total. The van der Waals surface area contributed by atoms with E-state index in [0.717, 1.165) is 39.1 Å². The van der Waals surface area contributed by atoms with Crippen LogP contribution in [0.1, 0.15) is 65.2 Å². The molecule has 0 bridgehead atoms. The van der Waals surface area contributed by atoms with Gasteiger partial charge in [-0.1, -0.05) is 67.6 Å². The number of thioether (sulfide) groups is 1. The van der Waals surface area contributed by atoms with Gasteiger partial charge in [-0.3, -0.25) is 24.5 Å². The lowest BCUT2D eigenvalue weighted by Gasteiger charge is -2.29. The molecule has 2 heterocycles. The minimum absolute atomic E-state index is 0.0359. The molecule has 1 saturated heterocycles. The maximum absolute atomic E-state index is 13.1.